The predicted molar refractivity (Wildman–Crippen MR) is 88.1 cm³/mol. The Kier molecular flexibility index (Phi) is 3.31. The van der Waals surface area contributed by atoms with Crippen molar-refractivity contribution in [3.8, 4) is 29.0 Å². The SMILES string of the molecule is COc1ccc(-n2c(-c3ccccn3)nc3cc(O)ccc32)nn1. The molecule has 0 aliphatic heterocycles. The van der Waals surface area contributed by atoms with Crippen molar-refractivity contribution >= 4 is 11.0 Å². The third-order valence-electron chi connectivity index (χ3n) is 3.60. The second kappa shape index (κ2) is 5.62. The van der Waals surface area contributed by atoms with Gasteiger partial charge in [-0.05, 0) is 30.3 Å². The molecule has 24 heavy (non-hydrogen) atoms. The number of aromatic hydroxyl groups is 1. The number of imidazole rings is 1. The van der Waals surface area contributed by atoms with Gasteiger partial charge in [0.1, 0.15) is 11.4 Å². The molecule has 3 aromatic heterocycles. The first-order chi connectivity index (χ1) is 11.8. The Labute approximate surface area is 137 Å². The van der Waals surface area contributed by atoms with Crippen LogP contribution in [0.4, 0.5) is 0 Å². The number of hydrogen-bond donors (Lipinski definition) is 1. The number of aromatic nitrogens is 5. The molecule has 0 spiro atoms. The van der Waals surface area contributed by atoms with E-state index in [4.69, 9.17) is 4.74 Å². The summed E-state index contributed by atoms with van der Waals surface area (Å²) in [5.74, 6) is 1.79. The summed E-state index contributed by atoms with van der Waals surface area (Å²) in [5, 5.41) is 18.0. The minimum atomic E-state index is 0.153. The van der Waals surface area contributed by atoms with Gasteiger partial charge in [-0.1, -0.05) is 6.07 Å². The number of fused-ring (bicyclic) bond motifs is 1. The first-order valence-electron chi connectivity index (χ1n) is 7.27. The summed E-state index contributed by atoms with van der Waals surface area (Å²) in [7, 11) is 1.54. The van der Waals surface area contributed by atoms with Crippen molar-refractivity contribution in [2.24, 2.45) is 0 Å². The Hall–Kier alpha value is -3.48. The number of nitrogens with zero attached hydrogens (tertiary/aromatic N) is 5. The van der Waals surface area contributed by atoms with Gasteiger partial charge in [0.05, 0.1) is 18.1 Å². The molecule has 4 aromatic rings. The lowest BCUT2D eigenvalue weighted by Crippen LogP contribution is -2.03. The Morgan fingerprint density at radius 2 is 1.96 bits per heavy atom. The zero-order valence-electron chi connectivity index (χ0n) is 12.8. The van der Waals surface area contributed by atoms with E-state index in [1.54, 1.807) is 43.6 Å². The number of hydrogen-bond acceptors (Lipinski definition) is 6. The van der Waals surface area contributed by atoms with Gasteiger partial charge in [-0.25, -0.2) is 4.98 Å². The second-order valence-corrected chi connectivity index (χ2v) is 5.09. The van der Waals surface area contributed by atoms with Crippen molar-refractivity contribution in [1.82, 2.24) is 24.7 Å². The lowest BCUT2D eigenvalue weighted by molar-refractivity contribution is 0.391. The van der Waals surface area contributed by atoms with E-state index in [1.807, 2.05) is 22.8 Å². The molecule has 0 radical (unpaired) electrons. The molecule has 0 atom stereocenters. The monoisotopic (exact) mass is 319 g/mol. The molecule has 3 heterocycles. The number of phenols is 1. The zero-order chi connectivity index (χ0) is 16.5. The number of phenolic OH excluding ortho intramolecular Hbond substituents is 1. The summed E-state index contributed by atoms with van der Waals surface area (Å²) in [6, 6.07) is 14.1. The van der Waals surface area contributed by atoms with Gasteiger partial charge in [-0.3, -0.25) is 9.55 Å². The van der Waals surface area contributed by atoms with Gasteiger partial charge >= 0.3 is 0 Å². The molecule has 0 amide bonds. The van der Waals surface area contributed by atoms with E-state index in [-0.39, 0.29) is 5.75 Å². The third-order valence-corrected chi connectivity index (χ3v) is 3.60. The van der Waals surface area contributed by atoms with Crippen LogP contribution in [0.2, 0.25) is 0 Å². The Balaban J connectivity index is 2.00. The van der Waals surface area contributed by atoms with Crippen LogP contribution >= 0.6 is 0 Å². The molecule has 0 saturated heterocycles. The summed E-state index contributed by atoms with van der Waals surface area (Å²) in [6.45, 7) is 0. The van der Waals surface area contributed by atoms with Crippen LogP contribution in [-0.2, 0) is 0 Å². The molecule has 0 aliphatic carbocycles. The van der Waals surface area contributed by atoms with Crippen LogP contribution < -0.4 is 4.74 Å². The molecule has 7 nitrogen and oxygen atoms in total. The average Bonchev–Trinajstić information content (AvgIpc) is 3.01. The normalized spacial score (nSPS) is 10.9. The van der Waals surface area contributed by atoms with Gasteiger partial charge in [-0.15, -0.1) is 10.2 Å². The molecule has 0 saturated carbocycles. The van der Waals surface area contributed by atoms with Crippen molar-refractivity contribution in [3.63, 3.8) is 0 Å². The summed E-state index contributed by atoms with van der Waals surface area (Å²) in [4.78, 5) is 8.97. The van der Waals surface area contributed by atoms with Crippen LogP contribution in [0.25, 0.3) is 28.4 Å². The maximum absolute atomic E-state index is 9.73. The minimum absolute atomic E-state index is 0.153. The quantitative estimate of drug-likeness (QED) is 0.624. The molecular weight excluding hydrogens is 306 g/mol. The maximum Gasteiger partial charge on any atom is 0.233 e. The molecule has 0 fully saturated rings. The van der Waals surface area contributed by atoms with E-state index in [9.17, 15) is 5.11 Å². The van der Waals surface area contributed by atoms with E-state index < -0.39 is 0 Å². The second-order valence-electron chi connectivity index (χ2n) is 5.09. The Morgan fingerprint density at radius 1 is 1.04 bits per heavy atom. The standard InChI is InChI=1S/C17H13N5O2/c1-24-16-8-7-15(20-21-16)22-14-6-5-11(23)10-13(14)19-17(22)12-4-2-3-9-18-12/h2-10,23H,1H3. The summed E-state index contributed by atoms with van der Waals surface area (Å²) >= 11 is 0. The molecule has 1 N–H and O–H groups in total. The van der Waals surface area contributed by atoms with Crippen molar-refractivity contribution in [1.29, 1.82) is 0 Å². The van der Waals surface area contributed by atoms with E-state index in [2.05, 4.69) is 20.2 Å². The van der Waals surface area contributed by atoms with E-state index in [1.165, 1.54) is 0 Å². The summed E-state index contributed by atoms with van der Waals surface area (Å²) < 4.78 is 6.91. The highest BCUT2D eigenvalue weighted by Gasteiger charge is 2.16. The van der Waals surface area contributed by atoms with Crippen LogP contribution in [0.3, 0.4) is 0 Å². The highest BCUT2D eigenvalue weighted by atomic mass is 16.5. The van der Waals surface area contributed by atoms with E-state index in [0.29, 0.717) is 28.7 Å². The fourth-order valence-electron chi connectivity index (χ4n) is 2.51. The highest BCUT2D eigenvalue weighted by molar-refractivity contribution is 5.83. The number of methoxy groups -OCH3 is 1. The number of pyridine rings is 1. The first kappa shape index (κ1) is 14.1. The van der Waals surface area contributed by atoms with Gasteiger partial charge < -0.3 is 9.84 Å². The minimum Gasteiger partial charge on any atom is -0.508 e. The summed E-state index contributed by atoms with van der Waals surface area (Å²) in [5.41, 5.74) is 2.15. The van der Waals surface area contributed by atoms with Crippen LogP contribution in [0.15, 0.2) is 54.7 Å². The van der Waals surface area contributed by atoms with Crippen molar-refractivity contribution in [2.45, 2.75) is 0 Å². The molecule has 0 unspecified atom stereocenters. The van der Waals surface area contributed by atoms with Crippen LogP contribution in [0, 0.1) is 0 Å². The zero-order valence-corrected chi connectivity index (χ0v) is 12.8. The van der Waals surface area contributed by atoms with Crippen LogP contribution in [0.5, 0.6) is 11.6 Å². The van der Waals surface area contributed by atoms with Crippen molar-refractivity contribution in [3.05, 3.63) is 54.7 Å². The third kappa shape index (κ3) is 2.32. The molecule has 0 bridgehead atoms. The molecule has 0 aliphatic rings. The lowest BCUT2D eigenvalue weighted by Gasteiger charge is -2.07. The van der Waals surface area contributed by atoms with Crippen molar-refractivity contribution in [2.75, 3.05) is 7.11 Å². The Morgan fingerprint density at radius 3 is 2.67 bits per heavy atom. The van der Waals surface area contributed by atoms with Gasteiger partial charge in [-0.2, -0.15) is 0 Å². The van der Waals surface area contributed by atoms with Crippen LogP contribution in [-0.4, -0.2) is 36.9 Å². The smallest absolute Gasteiger partial charge is 0.233 e. The Bertz CT molecular complexity index is 997. The van der Waals surface area contributed by atoms with E-state index >= 15 is 0 Å². The van der Waals surface area contributed by atoms with Gasteiger partial charge in [0.25, 0.3) is 0 Å². The number of rotatable bonds is 3. The largest absolute Gasteiger partial charge is 0.508 e. The predicted octanol–water partition coefficient (Wildman–Crippen LogP) is 2.59. The molecule has 1 aromatic carbocycles. The van der Waals surface area contributed by atoms with Gasteiger partial charge in [0, 0.05) is 18.3 Å². The van der Waals surface area contributed by atoms with Crippen LogP contribution in [0.1, 0.15) is 0 Å². The van der Waals surface area contributed by atoms with Crippen molar-refractivity contribution < 1.29 is 9.84 Å². The highest BCUT2D eigenvalue weighted by Crippen LogP contribution is 2.28. The average molecular weight is 319 g/mol. The fraction of sp³-hybridized carbons (Fsp3) is 0.0588. The lowest BCUT2D eigenvalue weighted by atomic mass is 10.3. The fourth-order valence-corrected chi connectivity index (χ4v) is 2.51. The summed E-state index contributed by atoms with van der Waals surface area (Å²) in [6.07, 6.45) is 1.70. The van der Waals surface area contributed by atoms with Gasteiger partial charge in [0.15, 0.2) is 11.6 Å². The van der Waals surface area contributed by atoms with E-state index in [0.717, 1.165) is 5.52 Å². The number of benzene rings is 1. The number of ether oxygens (including phenoxy) is 1. The maximum atomic E-state index is 9.73. The topological polar surface area (TPSA) is 86.0 Å². The first-order valence-corrected chi connectivity index (χ1v) is 7.27. The molecule has 4 rings (SSSR count). The van der Waals surface area contributed by atoms with Gasteiger partial charge in [0.2, 0.25) is 5.88 Å². The molecule has 7 heteroatoms. The molecule has 118 valence electrons. The molecular formula is C17H13N5O2.